The van der Waals surface area contributed by atoms with Gasteiger partial charge in [0.2, 0.25) is 17.6 Å². The summed E-state index contributed by atoms with van der Waals surface area (Å²) >= 11 is 0. The van der Waals surface area contributed by atoms with Gasteiger partial charge in [0.1, 0.15) is 0 Å². The molecule has 0 fully saturated rings. The van der Waals surface area contributed by atoms with E-state index in [1.165, 1.54) is 20.3 Å². The van der Waals surface area contributed by atoms with Gasteiger partial charge >= 0.3 is 0 Å². The van der Waals surface area contributed by atoms with Crippen LogP contribution in [-0.2, 0) is 0 Å². The molecular formula is C9H15N3O3. The first-order valence-electron chi connectivity index (χ1n) is 4.44. The predicted octanol–water partition coefficient (Wildman–Crippen LogP) is 0.619. The van der Waals surface area contributed by atoms with E-state index < -0.39 is 5.91 Å². The van der Waals surface area contributed by atoms with E-state index in [0.29, 0.717) is 0 Å². The van der Waals surface area contributed by atoms with Crippen LogP contribution in [0.25, 0.3) is 0 Å². The Bertz CT molecular complexity index is 306. The van der Waals surface area contributed by atoms with Crippen LogP contribution in [0.5, 0.6) is 11.8 Å². The number of ether oxygens (including phenoxy) is 2. The Hall–Kier alpha value is -1.85. The Labute approximate surface area is 88.4 Å². The molecule has 1 heterocycles. The molecule has 0 aromatic carbocycles. The van der Waals surface area contributed by atoms with Crippen molar-refractivity contribution in [1.82, 2.24) is 9.97 Å². The highest BCUT2D eigenvalue weighted by molar-refractivity contribution is 5.89. The van der Waals surface area contributed by atoms with E-state index in [0.717, 1.165) is 0 Å². The summed E-state index contributed by atoms with van der Waals surface area (Å²) in [5.41, 5.74) is 4.99. The minimum atomic E-state index is -0.725. The number of nitrogens with two attached hydrogens (primary N) is 1. The maximum atomic E-state index is 10.7. The van der Waals surface area contributed by atoms with Crippen LogP contribution in [0.1, 0.15) is 24.5 Å². The van der Waals surface area contributed by atoms with Gasteiger partial charge in [-0.15, -0.1) is 0 Å². The molecule has 0 aliphatic rings. The number of primary amides is 1. The van der Waals surface area contributed by atoms with Crippen molar-refractivity contribution in [2.24, 2.45) is 5.73 Å². The molecule has 1 amide bonds. The number of hydrogen-bond donors (Lipinski definition) is 1. The number of rotatable bonds is 3. The predicted molar refractivity (Wildman–Crippen MR) is 55.0 cm³/mol. The zero-order valence-corrected chi connectivity index (χ0v) is 9.27. The Morgan fingerprint density at radius 3 is 1.87 bits per heavy atom. The third kappa shape index (κ3) is 3.80. The topological polar surface area (TPSA) is 87.3 Å². The van der Waals surface area contributed by atoms with Gasteiger partial charge in [0, 0.05) is 0 Å². The number of methoxy groups -OCH3 is 2. The quantitative estimate of drug-likeness (QED) is 0.795. The van der Waals surface area contributed by atoms with Crippen molar-refractivity contribution in [1.29, 1.82) is 0 Å². The average molecular weight is 213 g/mol. The van der Waals surface area contributed by atoms with Crippen molar-refractivity contribution in [3.63, 3.8) is 0 Å². The first kappa shape index (κ1) is 13.2. The van der Waals surface area contributed by atoms with Crippen molar-refractivity contribution in [3.8, 4) is 11.8 Å². The molecule has 0 aliphatic heterocycles. The van der Waals surface area contributed by atoms with Crippen LogP contribution in [0, 0.1) is 0 Å². The molecule has 0 aliphatic carbocycles. The highest BCUT2D eigenvalue weighted by Crippen LogP contribution is 2.13. The second-order valence-electron chi connectivity index (χ2n) is 2.14. The molecule has 0 saturated carbocycles. The van der Waals surface area contributed by atoms with Crippen molar-refractivity contribution >= 4 is 5.91 Å². The van der Waals surface area contributed by atoms with Gasteiger partial charge in [-0.25, -0.2) is 0 Å². The van der Waals surface area contributed by atoms with E-state index in [4.69, 9.17) is 15.2 Å². The van der Waals surface area contributed by atoms with Gasteiger partial charge in [-0.3, -0.25) is 4.79 Å². The molecule has 1 aromatic heterocycles. The van der Waals surface area contributed by atoms with E-state index in [1.807, 2.05) is 13.8 Å². The summed E-state index contributed by atoms with van der Waals surface area (Å²) in [6.45, 7) is 4.00. The van der Waals surface area contributed by atoms with Gasteiger partial charge in [-0.05, 0) is 0 Å². The zero-order valence-electron chi connectivity index (χ0n) is 9.27. The lowest BCUT2D eigenvalue weighted by molar-refractivity contribution is 0.0988. The van der Waals surface area contributed by atoms with Crippen molar-refractivity contribution < 1.29 is 14.3 Å². The van der Waals surface area contributed by atoms with Crippen molar-refractivity contribution in [2.45, 2.75) is 13.8 Å². The minimum Gasteiger partial charge on any atom is -0.481 e. The molecule has 1 rings (SSSR count). The standard InChI is InChI=1S/C7H9N3O3.C2H6/c1-12-4-3-5(13-2)10-7(9-4)6(8)11;1-2/h3H,1-2H3,(H2,8,11);1-2H3. The molecule has 6 heteroatoms. The van der Waals surface area contributed by atoms with Gasteiger partial charge in [0.05, 0.1) is 20.3 Å². The van der Waals surface area contributed by atoms with E-state index in [2.05, 4.69) is 9.97 Å². The van der Waals surface area contributed by atoms with Gasteiger partial charge < -0.3 is 15.2 Å². The number of hydrogen-bond acceptors (Lipinski definition) is 5. The van der Waals surface area contributed by atoms with E-state index in [1.54, 1.807) is 0 Å². The molecule has 0 bridgehead atoms. The summed E-state index contributed by atoms with van der Waals surface area (Å²) in [6, 6.07) is 1.45. The average Bonchev–Trinajstić information content (AvgIpc) is 2.30. The van der Waals surface area contributed by atoms with Crippen molar-refractivity contribution in [2.75, 3.05) is 14.2 Å². The molecule has 0 unspecified atom stereocenters. The number of nitrogens with zero attached hydrogens (tertiary/aromatic N) is 2. The normalized spacial score (nSPS) is 8.53. The highest BCUT2D eigenvalue weighted by atomic mass is 16.5. The molecule has 0 spiro atoms. The molecule has 1 aromatic rings. The smallest absolute Gasteiger partial charge is 0.286 e. The zero-order chi connectivity index (χ0) is 11.8. The van der Waals surface area contributed by atoms with Crippen LogP contribution in [0.15, 0.2) is 6.07 Å². The SMILES string of the molecule is CC.COc1cc(OC)nc(C(N)=O)n1. The maximum Gasteiger partial charge on any atom is 0.286 e. The summed E-state index contributed by atoms with van der Waals surface area (Å²) in [5, 5.41) is 0. The lowest BCUT2D eigenvalue weighted by atomic mass is 10.5. The number of aromatic nitrogens is 2. The highest BCUT2D eigenvalue weighted by Gasteiger charge is 2.09. The second-order valence-corrected chi connectivity index (χ2v) is 2.14. The Morgan fingerprint density at radius 1 is 1.20 bits per heavy atom. The molecule has 0 saturated heterocycles. The lowest BCUT2D eigenvalue weighted by Gasteiger charge is -2.03. The Morgan fingerprint density at radius 2 is 1.60 bits per heavy atom. The lowest BCUT2D eigenvalue weighted by Crippen LogP contribution is -2.16. The van der Waals surface area contributed by atoms with Crippen LogP contribution in [0.3, 0.4) is 0 Å². The molecule has 0 atom stereocenters. The van der Waals surface area contributed by atoms with Gasteiger partial charge in [0.25, 0.3) is 5.91 Å². The van der Waals surface area contributed by atoms with Crippen molar-refractivity contribution in [3.05, 3.63) is 11.9 Å². The largest absolute Gasteiger partial charge is 0.481 e. The molecule has 6 nitrogen and oxygen atoms in total. The summed E-state index contributed by atoms with van der Waals surface area (Å²) in [7, 11) is 2.85. The van der Waals surface area contributed by atoms with Gasteiger partial charge in [0.15, 0.2) is 0 Å². The molecule has 0 radical (unpaired) electrons. The van der Waals surface area contributed by atoms with Crippen LogP contribution in [0.4, 0.5) is 0 Å². The van der Waals surface area contributed by atoms with E-state index >= 15 is 0 Å². The third-order valence-electron chi connectivity index (χ3n) is 1.32. The van der Waals surface area contributed by atoms with Crippen LogP contribution in [0.2, 0.25) is 0 Å². The van der Waals surface area contributed by atoms with Gasteiger partial charge in [-0.2, -0.15) is 9.97 Å². The number of amides is 1. The monoisotopic (exact) mass is 213 g/mol. The molecule has 15 heavy (non-hydrogen) atoms. The number of carbonyl (C=O) groups excluding carboxylic acids is 1. The van der Waals surface area contributed by atoms with Crippen LogP contribution < -0.4 is 15.2 Å². The van der Waals surface area contributed by atoms with Crippen LogP contribution >= 0.6 is 0 Å². The van der Waals surface area contributed by atoms with Gasteiger partial charge in [-0.1, -0.05) is 13.8 Å². The Balaban J connectivity index is 0.000000921. The van der Waals surface area contributed by atoms with E-state index in [-0.39, 0.29) is 17.6 Å². The minimum absolute atomic E-state index is 0.129. The summed E-state index contributed by atoms with van der Waals surface area (Å²) in [4.78, 5) is 18.1. The van der Waals surface area contributed by atoms with E-state index in [9.17, 15) is 4.79 Å². The number of carbonyl (C=O) groups is 1. The summed E-state index contributed by atoms with van der Waals surface area (Å²) in [6.07, 6.45) is 0. The fourth-order valence-electron chi connectivity index (χ4n) is 0.723. The second kappa shape index (κ2) is 6.58. The summed E-state index contributed by atoms with van der Waals surface area (Å²) < 4.78 is 9.62. The maximum absolute atomic E-state index is 10.7. The molecule has 2 N–H and O–H groups in total. The molecular weight excluding hydrogens is 198 g/mol. The third-order valence-corrected chi connectivity index (χ3v) is 1.32. The fourth-order valence-corrected chi connectivity index (χ4v) is 0.723. The van der Waals surface area contributed by atoms with Crippen LogP contribution in [-0.4, -0.2) is 30.1 Å². The first-order chi connectivity index (χ1) is 7.17. The molecule has 84 valence electrons. The summed E-state index contributed by atoms with van der Waals surface area (Å²) in [5.74, 6) is -0.380. The Kier molecular flexibility index (Phi) is 5.77. The first-order valence-corrected chi connectivity index (χ1v) is 4.44. The fraction of sp³-hybridized carbons (Fsp3) is 0.444.